The Morgan fingerprint density at radius 3 is 1.52 bits per heavy atom. The molecule has 0 atom stereocenters. The van der Waals surface area contributed by atoms with Crippen molar-refractivity contribution in [3.8, 4) is 0 Å². The van der Waals surface area contributed by atoms with Gasteiger partial charge in [-0.1, -0.05) is 50.1 Å². The second-order valence-electron chi connectivity index (χ2n) is 5.98. The highest BCUT2D eigenvalue weighted by Gasteiger charge is 2.27. The second-order valence-corrected chi connectivity index (χ2v) is 7.81. The first-order valence-electron chi connectivity index (χ1n) is 8.57. The fourth-order valence-corrected chi connectivity index (χ4v) is 3.75. The molecule has 3 rings (SSSR count). The van der Waals surface area contributed by atoms with E-state index >= 15 is 0 Å². The van der Waals surface area contributed by atoms with Gasteiger partial charge in [0.25, 0.3) is 0 Å². The molecule has 7 heteroatoms. The summed E-state index contributed by atoms with van der Waals surface area (Å²) in [5, 5.41) is 0. The summed E-state index contributed by atoms with van der Waals surface area (Å²) in [6.45, 7) is 0. The maximum atomic E-state index is 12.6. The molecule has 0 aliphatic rings. The van der Waals surface area contributed by atoms with Crippen molar-refractivity contribution < 1.29 is 19.1 Å². The first-order valence-corrected chi connectivity index (χ1v) is 10.2. The van der Waals surface area contributed by atoms with Gasteiger partial charge in [-0.3, -0.25) is 0 Å². The number of hydrogen-bond donors (Lipinski definition) is 0. The molecule has 29 heavy (non-hydrogen) atoms. The number of halogens is 2. The van der Waals surface area contributed by atoms with Gasteiger partial charge in [0.2, 0.25) is 0 Å². The van der Waals surface area contributed by atoms with Crippen molar-refractivity contribution >= 4 is 60.9 Å². The SMILES string of the molecule is COC(=O)c1cccc(C(=O)OC)c1N(c1cccc(Br)c1)c1cccc(Br)c1. The van der Waals surface area contributed by atoms with Crippen LogP contribution in [0.4, 0.5) is 17.1 Å². The van der Waals surface area contributed by atoms with Crippen LogP contribution >= 0.6 is 31.9 Å². The summed E-state index contributed by atoms with van der Waals surface area (Å²) in [6.07, 6.45) is 0. The minimum atomic E-state index is -0.555. The third-order valence-corrected chi connectivity index (χ3v) is 5.19. The Balaban J connectivity index is 2.39. The van der Waals surface area contributed by atoms with E-state index in [9.17, 15) is 9.59 Å². The molecule has 0 unspecified atom stereocenters. The van der Waals surface area contributed by atoms with Crippen LogP contribution < -0.4 is 4.90 Å². The molecule has 0 saturated heterocycles. The van der Waals surface area contributed by atoms with Crippen molar-refractivity contribution in [1.29, 1.82) is 0 Å². The van der Waals surface area contributed by atoms with Crippen LogP contribution in [0.5, 0.6) is 0 Å². The van der Waals surface area contributed by atoms with Crippen molar-refractivity contribution in [2.45, 2.75) is 0 Å². The molecule has 0 heterocycles. The lowest BCUT2D eigenvalue weighted by Gasteiger charge is -2.29. The predicted octanol–water partition coefficient (Wildman–Crippen LogP) is 6.25. The number of carbonyl (C=O) groups is 2. The molecule has 3 aromatic carbocycles. The zero-order valence-electron chi connectivity index (χ0n) is 15.7. The number of anilines is 3. The van der Waals surface area contributed by atoms with E-state index in [0.717, 1.165) is 20.3 Å². The highest BCUT2D eigenvalue weighted by atomic mass is 79.9. The van der Waals surface area contributed by atoms with Gasteiger partial charge in [-0.05, 0) is 48.5 Å². The van der Waals surface area contributed by atoms with Crippen LogP contribution in [0.3, 0.4) is 0 Å². The van der Waals surface area contributed by atoms with Crippen LogP contribution in [0.2, 0.25) is 0 Å². The monoisotopic (exact) mass is 517 g/mol. The van der Waals surface area contributed by atoms with Crippen molar-refractivity contribution in [2.75, 3.05) is 19.1 Å². The summed E-state index contributed by atoms with van der Waals surface area (Å²) >= 11 is 6.99. The number of nitrogens with zero attached hydrogens (tertiary/aromatic N) is 1. The summed E-state index contributed by atoms with van der Waals surface area (Å²) in [7, 11) is 2.61. The summed E-state index contributed by atoms with van der Waals surface area (Å²) < 4.78 is 11.7. The van der Waals surface area contributed by atoms with Gasteiger partial charge in [0, 0.05) is 20.3 Å². The zero-order valence-corrected chi connectivity index (χ0v) is 18.9. The maximum absolute atomic E-state index is 12.6. The van der Waals surface area contributed by atoms with E-state index in [1.807, 2.05) is 53.4 Å². The first kappa shape index (κ1) is 21.1. The van der Waals surface area contributed by atoms with E-state index in [2.05, 4.69) is 31.9 Å². The Morgan fingerprint density at radius 2 is 1.14 bits per heavy atom. The summed E-state index contributed by atoms with van der Waals surface area (Å²) in [4.78, 5) is 27.0. The molecular formula is C22H17Br2NO4. The summed E-state index contributed by atoms with van der Waals surface area (Å²) in [6, 6.07) is 20.0. The number of methoxy groups -OCH3 is 2. The number of carbonyl (C=O) groups excluding carboxylic acids is 2. The van der Waals surface area contributed by atoms with Gasteiger partial charge in [-0.15, -0.1) is 0 Å². The molecule has 3 aromatic rings. The Kier molecular flexibility index (Phi) is 6.71. The number of hydrogen-bond acceptors (Lipinski definition) is 5. The number of rotatable bonds is 5. The Labute approximate surface area is 185 Å². The van der Waals surface area contributed by atoms with Crippen LogP contribution in [0.15, 0.2) is 75.7 Å². The number of para-hydroxylation sites is 1. The Hall–Kier alpha value is -2.64. The molecular weight excluding hydrogens is 502 g/mol. The van der Waals surface area contributed by atoms with Crippen molar-refractivity contribution in [2.24, 2.45) is 0 Å². The molecule has 0 spiro atoms. The van der Waals surface area contributed by atoms with Crippen molar-refractivity contribution in [3.63, 3.8) is 0 Å². The fourth-order valence-electron chi connectivity index (χ4n) is 2.97. The van der Waals surface area contributed by atoms with Gasteiger partial charge < -0.3 is 14.4 Å². The van der Waals surface area contributed by atoms with E-state index in [-0.39, 0.29) is 11.1 Å². The van der Waals surface area contributed by atoms with E-state index in [0.29, 0.717) is 5.69 Å². The first-order chi connectivity index (χ1) is 14.0. The third-order valence-electron chi connectivity index (χ3n) is 4.20. The van der Waals surface area contributed by atoms with Gasteiger partial charge in [0.1, 0.15) is 0 Å². The minimum Gasteiger partial charge on any atom is -0.465 e. The highest BCUT2D eigenvalue weighted by molar-refractivity contribution is 9.10. The fraction of sp³-hybridized carbons (Fsp3) is 0.0909. The second kappa shape index (κ2) is 9.24. The Bertz CT molecular complexity index is 988. The van der Waals surface area contributed by atoms with Gasteiger partial charge in [-0.25, -0.2) is 9.59 Å². The normalized spacial score (nSPS) is 10.3. The minimum absolute atomic E-state index is 0.246. The lowest BCUT2D eigenvalue weighted by atomic mass is 10.0. The van der Waals surface area contributed by atoms with Crippen LogP contribution in [0.1, 0.15) is 20.7 Å². The smallest absolute Gasteiger partial charge is 0.340 e. The Morgan fingerprint density at radius 1 is 0.724 bits per heavy atom. The molecule has 5 nitrogen and oxygen atoms in total. The molecule has 0 N–H and O–H groups in total. The van der Waals surface area contributed by atoms with E-state index in [4.69, 9.17) is 9.47 Å². The zero-order chi connectivity index (χ0) is 21.0. The lowest BCUT2D eigenvalue weighted by Crippen LogP contribution is -2.19. The highest BCUT2D eigenvalue weighted by Crippen LogP contribution is 2.41. The van der Waals surface area contributed by atoms with E-state index in [1.54, 1.807) is 18.2 Å². The van der Waals surface area contributed by atoms with Crippen LogP contribution in [0.25, 0.3) is 0 Å². The molecule has 0 amide bonds. The third kappa shape index (κ3) is 4.52. The van der Waals surface area contributed by atoms with Crippen LogP contribution in [-0.4, -0.2) is 26.2 Å². The van der Waals surface area contributed by atoms with E-state index < -0.39 is 11.9 Å². The van der Waals surface area contributed by atoms with Crippen molar-refractivity contribution in [1.82, 2.24) is 0 Å². The molecule has 0 radical (unpaired) electrons. The number of ether oxygens (including phenoxy) is 2. The molecule has 148 valence electrons. The van der Waals surface area contributed by atoms with Crippen LogP contribution in [0, 0.1) is 0 Å². The molecule has 0 aromatic heterocycles. The standard InChI is InChI=1S/C22H17Br2NO4/c1-28-21(26)18-10-5-11-19(22(27)29-2)20(18)25(16-8-3-6-14(23)12-16)17-9-4-7-15(24)13-17/h3-13H,1-2H3. The average molecular weight is 519 g/mol. The molecule has 0 saturated carbocycles. The van der Waals surface area contributed by atoms with Gasteiger partial charge in [-0.2, -0.15) is 0 Å². The summed E-state index contributed by atoms with van der Waals surface area (Å²) in [5.74, 6) is -1.11. The quantitative estimate of drug-likeness (QED) is 0.373. The van der Waals surface area contributed by atoms with E-state index in [1.165, 1.54) is 14.2 Å². The van der Waals surface area contributed by atoms with Crippen molar-refractivity contribution in [3.05, 3.63) is 86.8 Å². The predicted molar refractivity (Wildman–Crippen MR) is 119 cm³/mol. The number of benzene rings is 3. The van der Waals surface area contributed by atoms with Crippen LogP contribution in [-0.2, 0) is 9.47 Å². The van der Waals surface area contributed by atoms with Gasteiger partial charge >= 0.3 is 11.9 Å². The summed E-state index contributed by atoms with van der Waals surface area (Å²) in [5.41, 5.74) is 2.37. The molecule has 0 bridgehead atoms. The lowest BCUT2D eigenvalue weighted by molar-refractivity contribution is 0.0601. The maximum Gasteiger partial charge on any atom is 0.340 e. The molecule has 0 aliphatic carbocycles. The molecule has 0 fully saturated rings. The topological polar surface area (TPSA) is 55.8 Å². The average Bonchev–Trinajstić information content (AvgIpc) is 2.73. The van der Waals surface area contributed by atoms with Gasteiger partial charge in [0.15, 0.2) is 0 Å². The number of esters is 2. The largest absolute Gasteiger partial charge is 0.465 e. The molecule has 0 aliphatic heterocycles. The van der Waals surface area contributed by atoms with Gasteiger partial charge in [0.05, 0.1) is 31.0 Å².